The molecule has 2 rings (SSSR count). The Balaban J connectivity index is 0.00000392. The second kappa shape index (κ2) is 10.7. The number of rotatable bonds is 7. The van der Waals surface area contributed by atoms with Crippen LogP contribution < -0.4 is 15.5 Å². The van der Waals surface area contributed by atoms with Gasteiger partial charge in [-0.3, -0.25) is 4.99 Å². The molecule has 2 N–H and O–H groups in total. The predicted octanol–water partition coefficient (Wildman–Crippen LogP) is 2.82. The fraction of sp³-hybridized carbons (Fsp3) is 0.650. The molecule has 28 heavy (non-hydrogen) atoms. The summed E-state index contributed by atoms with van der Waals surface area (Å²) in [7, 11) is -1.17. The second-order valence-corrected chi connectivity index (χ2v) is 10.6. The Bertz CT molecular complexity index is 748. The Morgan fingerprint density at radius 2 is 1.93 bits per heavy atom. The van der Waals surface area contributed by atoms with Gasteiger partial charge in [0.1, 0.15) is 9.84 Å². The molecule has 1 saturated heterocycles. The molecule has 1 atom stereocenters. The first-order chi connectivity index (χ1) is 12.6. The second-order valence-electron chi connectivity index (χ2n) is 8.38. The number of aryl methyl sites for hydroxylation is 1. The number of halogens is 1. The average molecular weight is 522 g/mol. The van der Waals surface area contributed by atoms with E-state index in [2.05, 4.69) is 65.6 Å². The van der Waals surface area contributed by atoms with Crippen molar-refractivity contribution in [1.29, 1.82) is 0 Å². The number of nitrogens with zero attached hydrogens (tertiary/aromatic N) is 2. The third kappa shape index (κ3) is 8.55. The molecule has 0 aliphatic carbocycles. The lowest BCUT2D eigenvalue weighted by molar-refractivity contribution is 0.348. The molecule has 0 amide bonds. The highest BCUT2D eigenvalue weighted by atomic mass is 127. The van der Waals surface area contributed by atoms with Crippen LogP contribution in [0.15, 0.2) is 29.3 Å². The Hall–Kier alpha value is -1.03. The number of nitrogens with one attached hydrogen (secondary N) is 2. The summed E-state index contributed by atoms with van der Waals surface area (Å²) < 4.78 is 22.8. The molecule has 0 bridgehead atoms. The monoisotopic (exact) mass is 522 g/mol. The van der Waals surface area contributed by atoms with Crippen LogP contribution in [0.2, 0.25) is 0 Å². The van der Waals surface area contributed by atoms with Gasteiger partial charge in [0, 0.05) is 44.7 Å². The Labute approximate surface area is 187 Å². The van der Waals surface area contributed by atoms with Crippen molar-refractivity contribution >= 4 is 45.5 Å². The topological polar surface area (TPSA) is 73.8 Å². The highest BCUT2D eigenvalue weighted by Gasteiger charge is 2.25. The van der Waals surface area contributed by atoms with Gasteiger partial charge in [-0.1, -0.05) is 31.5 Å². The van der Waals surface area contributed by atoms with Crippen LogP contribution in [0.3, 0.4) is 0 Å². The van der Waals surface area contributed by atoms with Gasteiger partial charge in [0.15, 0.2) is 5.96 Å². The van der Waals surface area contributed by atoms with Crippen LogP contribution in [0.4, 0.5) is 5.69 Å². The van der Waals surface area contributed by atoms with E-state index in [9.17, 15) is 8.42 Å². The van der Waals surface area contributed by atoms with E-state index >= 15 is 0 Å². The molecule has 1 aromatic rings. The number of anilines is 1. The molecule has 1 heterocycles. The SMILES string of the molecule is CN=C(NCC(C)(C)CCS(C)(=O)=O)NC1CCN(c2ccc(C)cc2)C1.I. The molecule has 6 nitrogen and oxygen atoms in total. The van der Waals surface area contributed by atoms with E-state index in [1.807, 2.05) is 0 Å². The molecular formula is C20H35IN4O2S. The molecule has 160 valence electrons. The molecule has 8 heteroatoms. The van der Waals surface area contributed by atoms with Crippen molar-refractivity contribution in [3.63, 3.8) is 0 Å². The maximum absolute atomic E-state index is 11.4. The lowest BCUT2D eigenvalue weighted by Gasteiger charge is -2.27. The van der Waals surface area contributed by atoms with Crippen LogP contribution in [0.1, 0.15) is 32.3 Å². The molecule has 1 fully saturated rings. The summed E-state index contributed by atoms with van der Waals surface area (Å²) >= 11 is 0. The molecule has 0 saturated carbocycles. The Kier molecular flexibility index (Phi) is 9.52. The lowest BCUT2D eigenvalue weighted by Crippen LogP contribution is -2.47. The summed E-state index contributed by atoms with van der Waals surface area (Å²) in [6, 6.07) is 8.99. The number of hydrogen-bond acceptors (Lipinski definition) is 4. The average Bonchev–Trinajstić information content (AvgIpc) is 3.05. The minimum Gasteiger partial charge on any atom is -0.369 e. The zero-order chi connectivity index (χ0) is 20.1. The summed E-state index contributed by atoms with van der Waals surface area (Å²) in [4.78, 5) is 6.72. The van der Waals surface area contributed by atoms with Gasteiger partial charge in [0.05, 0.1) is 5.75 Å². The minimum absolute atomic E-state index is 0. The van der Waals surface area contributed by atoms with E-state index in [0.717, 1.165) is 25.5 Å². The Morgan fingerprint density at radius 1 is 1.29 bits per heavy atom. The van der Waals surface area contributed by atoms with Gasteiger partial charge in [-0.2, -0.15) is 0 Å². The zero-order valence-corrected chi connectivity index (χ0v) is 20.8. The van der Waals surface area contributed by atoms with E-state index in [-0.39, 0.29) is 35.1 Å². The molecule has 1 aliphatic rings. The fourth-order valence-corrected chi connectivity index (χ4v) is 4.05. The van der Waals surface area contributed by atoms with Gasteiger partial charge in [-0.25, -0.2) is 8.42 Å². The first-order valence-corrected chi connectivity index (χ1v) is 11.6. The van der Waals surface area contributed by atoms with Crippen molar-refractivity contribution in [3.8, 4) is 0 Å². The van der Waals surface area contributed by atoms with Crippen LogP contribution in [-0.4, -0.2) is 59.1 Å². The summed E-state index contributed by atoms with van der Waals surface area (Å²) in [5.74, 6) is 0.986. The zero-order valence-electron chi connectivity index (χ0n) is 17.7. The van der Waals surface area contributed by atoms with Crippen molar-refractivity contribution in [3.05, 3.63) is 29.8 Å². The summed E-state index contributed by atoms with van der Waals surface area (Å²) in [6.07, 6.45) is 2.98. The van der Waals surface area contributed by atoms with Gasteiger partial charge in [0.25, 0.3) is 0 Å². The number of benzene rings is 1. The van der Waals surface area contributed by atoms with Crippen molar-refractivity contribution < 1.29 is 8.42 Å². The maximum Gasteiger partial charge on any atom is 0.191 e. The van der Waals surface area contributed by atoms with Gasteiger partial charge in [-0.05, 0) is 37.3 Å². The van der Waals surface area contributed by atoms with E-state index in [0.29, 0.717) is 19.0 Å². The highest BCUT2D eigenvalue weighted by molar-refractivity contribution is 14.0. The van der Waals surface area contributed by atoms with Crippen molar-refractivity contribution in [1.82, 2.24) is 10.6 Å². The normalized spacial score (nSPS) is 18.0. The number of aliphatic imine (C=N–C) groups is 1. The van der Waals surface area contributed by atoms with Crippen molar-refractivity contribution in [2.45, 2.75) is 39.7 Å². The molecule has 1 aromatic carbocycles. The smallest absolute Gasteiger partial charge is 0.191 e. The molecule has 1 aliphatic heterocycles. The van der Waals surface area contributed by atoms with Crippen LogP contribution in [0.5, 0.6) is 0 Å². The predicted molar refractivity (Wildman–Crippen MR) is 130 cm³/mol. The molecule has 0 spiro atoms. The first-order valence-electron chi connectivity index (χ1n) is 9.54. The highest BCUT2D eigenvalue weighted by Crippen LogP contribution is 2.21. The number of sulfone groups is 1. The molecule has 1 unspecified atom stereocenters. The molecular weight excluding hydrogens is 487 g/mol. The fourth-order valence-electron chi connectivity index (χ4n) is 3.13. The van der Waals surface area contributed by atoms with E-state index in [1.54, 1.807) is 7.05 Å². The third-order valence-electron chi connectivity index (χ3n) is 5.04. The van der Waals surface area contributed by atoms with Crippen LogP contribution in [0, 0.1) is 12.3 Å². The lowest BCUT2D eigenvalue weighted by atomic mass is 9.90. The summed E-state index contributed by atoms with van der Waals surface area (Å²) in [6.45, 7) is 8.90. The standard InChI is InChI=1S/C20H34N4O2S.HI/c1-16-6-8-18(9-7-16)24-12-10-17(14-24)23-19(21-4)22-15-20(2,3)11-13-27(5,25)26;/h6-9,17H,10-15H2,1-5H3,(H2,21,22,23);1H. The van der Waals surface area contributed by atoms with E-state index in [1.165, 1.54) is 17.5 Å². The van der Waals surface area contributed by atoms with Gasteiger partial charge in [0.2, 0.25) is 0 Å². The third-order valence-corrected chi connectivity index (χ3v) is 5.98. The van der Waals surface area contributed by atoms with Gasteiger partial charge < -0.3 is 15.5 Å². The van der Waals surface area contributed by atoms with Crippen LogP contribution in [-0.2, 0) is 9.84 Å². The van der Waals surface area contributed by atoms with Crippen LogP contribution in [0.25, 0.3) is 0 Å². The minimum atomic E-state index is -2.93. The molecule has 0 radical (unpaired) electrons. The number of hydrogen-bond donors (Lipinski definition) is 2. The van der Waals surface area contributed by atoms with E-state index in [4.69, 9.17) is 0 Å². The van der Waals surface area contributed by atoms with Gasteiger partial charge >= 0.3 is 0 Å². The Morgan fingerprint density at radius 3 is 2.50 bits per heavy atom. The quantitative estimate of drug-likeness (QED) is 0.328. The largest absolute Gasteiger partial charge is 0.369 e. The molecule has 0 aromatic heterocycles. The first kappa shape index (κ1) is 25.0. The van der Waals surface area contributed by atoms with E-state index < -0.39 is 9.84 Å². The summed E-state index contributed by atoms with van der Waals surface area (Å²) in [5.41, 5.74) is 2.41. The van der Waals surface area contributed by atoms with Crippen LogP contribution >= 0.6 is 24.0 Å². The number of guanidine groups is 1. The summed E-state index contributed by atoms with van der Waals surface area (Å²) in [5, 5.41) is 6.86. The van der Waals surface area contributed by atoms with Crippen molar-refractivity contribution in [2.75, 3.05) is 43.6 Å². The maximum atomic E-state index is 11.4. The van der Waals surface area contributed by atoms with Crippen molar-refractivity contribution in [2.24, 2.45) is 10.4 Å². The van der Waals surface area contributed by atoms with Gasteiger partial charge in [-0.15, -0.1) is 24.0 Å².